The first-order valence-electron chi connectivity index (χ1n) is 13.0. The van der Waals surface area contributed by atoms with Crippen molar-refractivity contribution in [2.45, 2.75) is 26.3 Å². The summed E-state index contributed by atoms with van der Waals surface area (Å²) in [5.74, 6) is 1.29. The van der Waals surface area contributed by atoms with E-state index in [1.54, 1.807) is 15.5 Å². The number of benzene rings is 1. The highest BCUT2D eigenvalue weighted by Gasteiger charge is 2.37. The Bertz CT molecular complexity index is 2080. The molecule has 1 atom stereocenters. The minimum atomic E-state index is -0.232. The van der Waals surface area contributed by atoms with E-state index in [0.717, 1.165) is 56.7 Å². The summed E-state index contributed by atoms with van der Waals surface area (Å²) < 4.78 is 11.5. The Morgan fingerprint density at radius 2 is 1.93 bits per heavy atom. The number of aromatic nitrogens is 11. The van der Waals surface area contributed by atoms with E-state index in [1.807, 2.05) is 73.8 Å². The van der Waals surface area contributed by atoms with Crippen LogP contribution in [0.2, 0.25) is 0 Å². The lowest BCUT2D eigenvalue weighted by molar-refractivity contribution is 0.416. The van der Waals surface area contributed by atoms with Crippen molar-refractivity contribution < 1.29 is 4.74 Å². The third-order valence-corrected chi connectivity index (χ3v) is 7.39. The summed E-state index contributed by atoms with van der Waals surface area (Å²) in [5, 5.41) is 22.2. The molecule has 7 aromatic rings. The molecule has 1 aliphatic rings. The van der Waals surface area contributed by atoms with Crippen LogP contribution in [0.15, 0.2) is 61.4 Å². The van der Waals surface area contributed by atoms with Crippen LogP contribution in [0.3, 0.4) is 0 Å². The highest BCUT2D eigenvalue weighted by Crippen LogP contribution is 2.48. The Morgan fingerprint density at radius 3 is 2.75 bits per heavy atom. The summed E-state index contributed by atoms with van der Waals surface area (Å²) in [6.07, 6.45) is 9.32. The number of fused-ring (bicyclic) bond motifs is 5. The summed E-state index contributed by atoms with van der Waals surface area (Å²) >= 11 is 0. The van der Waals surface area contributed by atoms with Gasteiger partial charge in [-0.15, -0.1) is 10.2 Å². The molecule has 0 fully saturated rings. The van der Waals surface area contributed by atoms with Crippen LogP contribution in [-0.2, 0) is 13.6 Å². The Balaban J connectivity index is 1.36. The SMILES string of the molecule is CCn1cc(-c2cc(-c3nc4c5c(ncn4n3)Oc3n[nH]c(C)c3[C@H]5c3cnn(C)c3)c3ccccc3n2)cn1. The molecule has 12 heteroatoms. The van der Waals surface area contributed by atoms with Gasteiger partial charge < -0.3 is 4.74 Å². The minimum Gasteiger partial charge on any atom is -0.418 e. The van der Waals surface area contributed by atoms with E-state index in [9.17, 15) is 0 Å². The Labute approximate surface area is 227 Å². The first-order valence-corrected chi connectivity index (χ1v) is 13.0. The van der Waals surface area contributed by atoms with Crippen LogP contribution < -0.4 is 4.74 Å². The number of aromatic amines is 1. The molecule has 0 bridgehead atoms. The van der Waals surface area contributed by atoms with Gasteiger partial charge in [0, 0.05) is 59.3 Å². The van der Waals surface area contributed by atoms with E-state index in [2.05, 4.69) is 32.3 Å². The Kier molecular flexibility index (Phi) is 4.69. The molecule has 7 heterocycles. The lowest BCUT2D eigenvalue weighted by Crippen LogP contribution is -2.14. The van der Waals surface area contributed by atoms with Crippen molar-refractivity contribution in [3.8, 4) is 34.4 Å². The molecule has 1 N–H and O–H groups in total. The van der Waals surface area contributed by atoms with E-state index >= 15 is 0 Å². The molecule has 0 saturated carbocycles. The van der Waals surface area contributed by atoms with Gasteiger partial charge in [0.1, 0.15) is 6.33 Å². The molecule has 6 aromatic heterocycles. The maximum atomic E-state index is 6.16. The fraction of sp³-hybridized carbons (Fsp3) is 0.179. The van der Waals surface area contributed by atoms with E-state index < -0.39 is 0 Å². The average molecular weight is 530 g/mol. The summed E-state index contributed by atoms with van der Waals surface area (Å²) in [5.41, 5.74) is 7.77. The van der Waals surface area contributed by atoms with Crippen LogP contribution >= 0.6 is 0 Å². The molecule has 40 heavy (non-hydrogen) atoms. The smallest absolute Gasteiger partial charge is 0.244 e. The predicted molar refractivity (Wildman–Crippen MR) is 146 cm³/mol. The molecule has 0 amide bonds. The van der Waals surface area contributed by atoms with E-state index in [1.165, 1.54) is 0 Å². The van der Waals surface area contributed by atoms with Crippen LogP contribution in [0.5, 0.6) is 11.8 Å². The number of aryl methyl sites for hydroxylation is 3. The number of ether oxygens (including phenoxy) is 1. The van der Waals surface area contributed by atoms with Gasteiger partial charge >= 0.3 is 0 Å². The predicted octanol–water partition coefficient (Wildman–Crippen LogP) is 4.27. The standard InChI is InChI=1S/C28H23N11O/c1-4-38-13-16(10-31-38)21-9-19(18-7-5-6-8-20(18)32-21)25-33-26-24-23(17-11-30-37(3)12-17)22-15(2)34-35-28(22)40-27(24)29-14-39(26)36-25/h5-14,23H,4H2,1-3H3,(H,34,35)/t23-/m1/s1. The number of pyridine rings is 1. The first kappa shape index (κ1) is 22.6. The number of para-hydroxylation sites is 1. The van der Waals surface area contributed by atoms with Gasteiger partial charge in [-0.05, 0) is 26.0 Å². The number of hydrogen-bond donors (Lipinski definition) is 1. The Morgan fingerprint density at radius 1 is 1.02 bits per heavy atom. The minimum absolute atomic E-state index is 0.232. The van der Waals surface area contributed by atoms with Gasteiger partial charge in [-0.3, -0.25) is 14.5 Å². The second-order valence-corrected chi connectivity index (χ2v) is 9.87. The van der Waals surface area contributed by atoms with Gasteiger partial charge in [-0.2, -0.15) is 10.2 Å². The van der Waals surface area contributed by atoms with Gasteiger partial charge in [0.25, 0.3) is 0 Å². The van der Waals surface area contributed by atoms with Gasteiger partial charge in [0.15, 0.2) is 11.5 Å². The van der Waals surface area contributed by atoms with Crippen molar-refractivity contribution >= 4 is 16.6 Å². The molecule has 1 aliphatic heterocycles. The number of rotatable bonds is 4. The zero-order valence-electron chi connectivity index (χ0n) is 21.9. The van der Waals surface area contributed by atoms with Gasteiger partial charge in [-0.1, -0.05) is 18.2 Å². The van der Waals surface area contributed by atoms with Gasteiger partial charge in [0.2, 0.25) is 11.8 Å². The topological polar surface area (TPSA) is 130 Å². The zero-order chi connectivity index (χ0) is 27.0. The van der Waals surface area contributed by atoms with Crippen molar-refractivity contribution in [3.63, 3.8) is 0 Å². The monoisotopic (exact) mass is 529 g/mol. The van der Waals surface area contributed by atoms with Crippen molar-refractivity contribution in [2.24, 2.45) is 7.05 Å². The number of hydrogen-bond acceptors (Lipinski definition) is 8. The molecule has 0 radical (unpaired) electrons. The fourth-order valence-electron chi connectivity index (χ4n) is 5.48. The molecule has 196 valence electrons. The van der Waals surface area contributed by atoms with Gasteiger partial charge in [0.05, 0.1) is 35.1 Å². The second-order valence-electron chi connectivity index (χ2n) is 9.87. The number of nitrogens with zero attached hydrogens (tertiary/aromatic N) is 10. The molecule has 1 aromatic carbocycles. The van der Waals surface area contributed by atoms with Gasteiger partial charge in [-0.25, -0.2) is 19.5 Å². The van der Waals surface area contributed by atoms with Crippen LogP contribution in [0.25, 0.3) is 39.2 Å². The van der Waals surface area contributed by atoms with E-state index in [-0.39, 0.29) is 5.92 Å². The molecular weight excluding hydrogens is 506 g/mol. The summed E-state index contributed by atoms with van der Waals surface area (Å²) in [4.78, 5) is 14.6. The largest absolute Gasteiger partial charge is 0.418 e. The molecule has 0 saturated heterocycles. The lowest BCUT2D eigenvalue weighted by atomic mass is 9.86. The maximum absolute atomic E-state index is 6.16. The number of H-pyrrole nitrogens is 1. The van der Waals surface area contributed by atoms with Crippen LogP contribution in [-0.4, -0.2) is 54.3 Å². The summed E-state index contributed by atoms with van der Waals surface area (Å²) in [6, 6.07) is 10.1. The van der Waals surface area contributed by atoms with Crippen molar-refractivity contribution in [1.29, 1.82) is 0 Å². The van der Waals surface area contributed by atoms with Crippen LogP contribution in [0, 0.1) is 6.92 Å². The highest BCUT2D eigenvalue weighted by molar-refractivity contribution is 5.95. The summed E-state index contributed by atoms with van der Waals surface area (Å²) in [7, 11) is 1.90. The van der Waals surface area contributed by atoms with E-state index in [0.29, 0.717) is 23.2 Å². The normalized spacial score (nSPS) is 14.4. The third kappa shape index (κ3) is 3.28. The molecular formula is C28H23N11O. The summed E-state index contributed by atoms with van der Waals surface area (Å²) in [6.45, 7) is 4.82. The lowest BCUT2D eigenvalue weighted by Gasteiger charge is -2.24. The number of nitrogens with one attached hydrogen (secondary N) is 1. The molecule has 12 nitrogen and oxygen atoms in total. The zero-order valence-corrected chi connectivity index (χ0v) is 21.9. The maximum Gasteiger partial charge on any atom is 0.244 e. The third-order valence-electron chi connectivity index (χ3n) is 7.39. The quantitative estimate of drug-likeness (QED) is 0.358. The van der Waals surface area contributed by atoms with Crippen molar-refractivity contribution in [1.82, 2.24) is 54.3 Å². The second kappa shape index (κ2) is 8.30. The average Bonchev–Trinajstić information content (AvgIpc) is 3.78. The fourth-order valence-corrected chi connectivity index (χ4v) is 5.48. The molecule has 0 aliphatic carbocycles. The first-order chi connectivity index (χ1) is 19.6. The van der Waals surface area contributed by atoms with Crippen molar-refractivity contribution in [3.05, 3.63) is 83.8 Å². The highest BCUT2D eigenvalue weighted by atomic mass is 16.5. The van der Waals surface area contributed by atoms with E-state index in [4.69, 9.17) is 19.8 Å². The van der Waals surface area contributed by atoms with Crippen molar-refractivity contribution in [2.75, 3.05) is 0 Å². The molecule has 8 rings (SSSR count). The molecule has 0 spiro atoms. The van der Waals surface area contributed by atoms with Crippen LogP contribution in [0.1, 0.15) is 35.2 Å². The molecule has 0 unspecified atom stereocenters. The Hall–Kier alpha value is -5.39. The van der Waals surface area contributed by atoms with Crippen LogP contribution in [0.4, 0.5) is 0 Å².